The van der Waals surface area contributed by atoms with E-state index in [0.717, 1.165) is 30.0 Å². The Bertz CT molecular complexity index is 964. The fraction of sp³-hybridized carbons (Fsp3) is 0.458. The lowest BCUT2D eigenvalue weighted by molar-refractivity contribution is -0.119. The van der Waals surface area contributed by atoms with Gasteiger partial charge in [-0.15, -0.1) is 0 Å². The molecule has 0 spiro atoms. The topological polar surface area (TPSA) is 84.9 Å². The molecule has 0 heterocycles. The van der Waals surface area contributed by atoms with Crippen molar-refractivity contribution in [3.05, 3.63) is 48.5 Å². The van der Waals surface area contributed by atoms with Crippen molar-refractivity contribution in [3.63, 3.8) is 0 Å². The van der Waals surface area contributed by atoms with Gasteiger partial charge in [-0.25, -0.2) is 8.42 Å². The normalized spacial score (nSPS) is 12.1. The molecule has 2 rings (SSSR count). The lowest BCUT2D eigenvalue weighted by Gasteiger charge is -2.26. The molecule has 0 radical (unpaired) electrons. The highest BCUT2D eigenvalue weighted by molar-refractivity contribution is 7.92. The van der Waals surface area contributed by atoms with Gasteiger partial charge in [0.2, 0.25) is 5.91 Å². The van der Waals surface area contributed by atoms with E-state index in [9.17, 15) is 13.2 Å². The lowest BCUT2D eigenvalue weighted by atomic mass is 9.99. The van der Waals surface area contributed by atoms with Crippen LogP contribution in [0.5, 0.6) is 11.5 Å². The van der Waals surface area contributed by atoms with Crippen LogP contribution in [0.3, 0.4) is 0 Å². The fourth-order valence-corrected chi connectivity index (χ4v) is 4.84. The number of carbonyl (C=O) groups is 1. The Hall–Kier alpha value is -2.74. The number of nitrogens with one attached hydrogen (secondary N) is 1. The van der Waals surface area contributed by atoms with Gasteiger partial charge < -0.3 is 14.8 Å². The van der Waals surface area contributed by atoms with E-state index in [-0.39, 0.29) is 23.0 Å². The molecule has 2 aromatic rings. The SMILES string of the molecule is CCCC[C@H](CC)CNC(=O)CN(c1cc(OC)ccc1OC)S(=O)(=O)c1ccccc1. The van der Waals surface area contributed by atoms with Gasteiger partial charge in [-0.1, -0.05) is 51.3 Å². The van der Waals surface area contributed by atoms with E-state index in [1.165, 1.54) is 26.4 Å². The first kappa shape index (κ1) is 25.5. The van der Waals surface area contributed by atoms with Crippen molar-refractivity contribution in [3.8, 4) is 11.5 Å². The standard InChI is InChI=1S/C24H34N2O5S/c1-5-7-11-19(6-2)17-25-24(27)18-26(32(28,29)21-12-9-8-10-13-21)22-16-20(30-3)14-15-23(22)31-4/h8-10,12-16,19H,5-7,11,17-18H2,1-4H3,(H,25,27)/t19-/m0/s1. The zero-order valence-electron chi connectivity index (χ0n) is 19.3. The van der Waals surface area contributed by atoms with Gasteiger partial charge in [0, 0.05) is 12.6 Å². The van der Waals surface area contributed by atoms with Crippen molar-refractivity contribution >= 4 is 21.6 Å². The van der Waals surface area contributed by atoms with E-state index in [1.807, 2.05) is 0 Å². The summed E-state index contributed by atoms with van der Waals surface area (Å²) in [7, 11) is -1.08. The van der Waals surface area contributed by atoms with Crippen LogP contribution in [0.4, 0.5) is 5.69 Å². The van der Waals surface area contributed by atoms with Crippen LogP contribution in [-0.2, 0) is 14.8 Å². The summed E-state index contributed by atoms with van der Waals surface area (Å²) in [6.45, 7) is 4.38. The molecule has 0 aliphatic rings. The van der Waals surface area contributed by atoms with E-state index in [0.29, 0.717) is 24.0 Å². The van der Waals surface area contributed by atoms with Gasteiger partial charge in [0.15, 0.2) is 0 Å². The minimum Gasteiger partial charge on any atom is -0.497 e. The number of carbonyl (C=O) groups excluding carboxylic acids is 1. The highest BCUT2D eigenvalue weighted by Gasteiger charge is 2.30. The van der Waals surface area contributed by atoms with Crippen LogP contribution >= 0.6 is 0 Å². The zero-order valence-corrected chi connectivity index (χ0v) is 20.2. The Morgan fingerprint density at radius 2 is 1.78 bits per heavy atom. The Morgan fingerprint density at radius 3 is 2.38 bits per heavy atom. The summed E-state index contributed by atoms with van der Waals surface area (Å²) in [5, 5.41) is 2.92. The predicted molar refractivity (Wildman–Crippen MR) is 127 cm³/mol. The predicted octanol–water partition coefficient (Wildman–Crippen LogP) is 4.23. The van der Waals surface area contributed by atoms with Gasteiger partial charge in [0.1, 0.15) is 18.0 Å². The molecule has 0 unspecified atom stereocenters. The number of benzene rings is 2. The number of sulfonamides is 1. The smallest absolute Gasteiger partial charge is 0.264 e. The number of hydrogen-bond donors (Lipinski definition) is 1. The van der Waals surface area contributed by atoms with Gasteiger partial charge in [-0.2, -0.15) is 0 Å². The number of anilines is 1. The van der Waals surface area contributed by atoms with Crippen molar-refractivity contribution in [1.82, 2.24) is 5.32 Å². The molecule has 0 saturated carbocycles. The lowest BCUT2D eigenvalue weighted by Crippen LogP contribution is -2.42. The average Bonchev–Trinajstić information content (AvgIpc) is 2.82. The van der Waals surface area contributed by atoms with Crippen LogP contribution in [0.2, 0.25) is 0 Å². The number of ether oxygens (including phenoxy) is 2. The molecule has 8 heteroatoms. The van der Waals surface area contributed by atoms with Crippen LogP contribution in [-0.4, -0.2) is 41.6 Å². The van der Waals surface area contributed by atoms with Crippen LogP contribution in [0.25, 0.3) is 0 Å². The molecule has 1 atom stereocenters. The second kappa shape index (κ2) is 12.3. The monoisotopic (exact) mass is 462 g/mol. The molecule has 32 heavy (non-hydrogen) atoms. The number of methoxy groups -OCH3 is 2. The van der Waals surface area contributed by atoms with Gasteiger partial charge in [0.05, 0.1) is 24.8 Å². The van der Waals surface area contributed by atoms with Crippen LogP contribution in [0, 0.1) is 5.92 Å². The quantitative estimate of drug-likeness (QED) is 0.481. The second-order valence-electron chi connectivity index (χ2n) is 7.58. The first-order chi connectivity index (χ1) is 15.4. The molecule has 7 nitrogen and oxygen atoms in total. The van der Waals surface area contributed by atoms with Crippen LogP contribution in [0.1, 0.15) is 39.5 Å². The van der Waals surface area contributed by atoms with Gasteiger partial charge in [-0.3, -0.25) is 9.10 Å². The average molecular weight is 463 g/mol. The molecule has 0 aliphatic carbocycles. The summed E-state index contributed by atoms with van der Waals surface area (Å²) in [6.07, 6.45) is 4.19. The molecule has 1 N–H and O–H groups in total. The molecule has 2 aromatic carbocycles. The summed E-state index contributed by atoms with van der Waals surface area (Å²) in [6, 6.07) is 12.9. The number of amides is 1. The minimum atomic E-state index is -4.03. The molecule has 0 saturated heterocycles. The van der Waals surface area contributed by atoms with Gasteiger partial charge in [0.25, 0.3) is 10.0 Å². The van der Waals surface area contributed by atoms with Crippen molar-refractivity contribution in [1.29, 1.82) is 0 Å². The van der Waals surface area contributed by atoms with E-state index < -0.39 is 10.0 Å². The summed E-state index contributed by atoms with van der Waals surface area (Å²) >= 11 is 0. The molecule has 176 valence electrons. The first-order valence-electron chi connectivity index (χ1n) is 10.9. The van der Waals surface area contributed by atoms with Crippen molar-refractivity contribution in [2.75, 3.05) is 31.6 Å². The highest BCUT2D eigenvalue weighted by Crippen LogP contribution is 2.35. The Labute approximate surface area is 191 Å². The molecule has 0 aliphatic heterocycles. The van der Waals surface area contributed by atoms with E-state index in [4.69, 9.17) is 9.47 Å². The molecule has 1 amide bonds. The van der Waals surface area contributed by atoms with E-state index >= 15 is 0 Å². The Balaban J connectivity index is 2.37. The molecular weight excluding hydrogens is 428 g/mol. The number of nitrogens with zero attached hydrogens (tertiary/aromatic N) is 1. The van der Waals surface area contributed by atoms with Crippen LogP contribution < -0.4 is 19.1 Å². The van der Waals surface area contributed by atoms with Gasteiger partial charge in [-0.05, 0) is 36.6 Å². The summed E-state index contributed by atoms with van der Waals surface area (Å²) in [5.41, 5.74) is 0.240. The Kier molecular flexibility index (Phi) is 9.84. The van der Waals surface area contributed by atoms with Crippen LogP contribution in [0.15, 0.2) is 53.4 Å². The third-order valence-corrected chi connectivity index (χ3v) is 7.18. The number of hydrogen-bond acceptors (Lipinski definition) is 5. The maximum Gasteiger partial charge on any atom is 0.264 e. The first-order valence-corrected chi connectivity index (χ1v) is 12.4. The maximum absolute atomic E-state index is 13.5. The Morgan fingerprint density at radius 1 is 1.06 bits per heavy atom. The molecule has 0 bridgehead atoms. The van der Waals surface area contributed by atoms with Crippen molar-refractivity contribution in [2.24, 2.45) is 5.92 Å². The molecule has 0 aromatic heterocycles. The largest absolute Gasteiger partial charge is 0.497 e. The third kappa shape index (κ3) is 6.63. The number of rotatable bonds is 13. The van der Waals surface area contributed by atoms with E-state index in [2.05, 4.69) is 19.2 Å². The molecular formula is C24H34N2O5S. The highest BCUT2D eigenvalue weighted by atomic mass is 32.2. The number of unbranched alkanes of at least 4 members (excludes halogenated alkanes) is 1. The summed E-state index contributed by atoms with van der Waals surface area (Å²) in [4.78, 5) is 13.0. The summed E-state index contributed by atoms with van der Waals surface area (Å²) < 4.78 is 38.8. The fourth-order valence-electron chi connectivity index (χ4n) is 3.40. The van der Waals surface area contributed by atoms with Gasteiger partial charge >= 0.3 is 0 Å². The maximum atomic E-state index is 13.5. The van der Waals surface area contributed by atoms with Crippen molar-refractivity contribution in [2.45, 2.75) is 44.4 Å². The minimum absolute atomic E-state index is 0.0899. The zero-order chi connectivity index (χ0) is 23.6. The molecule has 0 fully saturated rings. The second-order valence-corrected chi connectivity index (χ2v) is 9.45. The van der Waals surface area contributed by atoms with E-state index in [1.54, 1.807) is 36.4 Å². The van der Waals surface area contributed by atoms with Crippen molar-refractivity contribution < 1.29 is 22.7 Å². The summed E-state index contributed by atoms with van der Waals surface area (Å²) in [5.74, 6) is 0.779. The third-order valence-electron chi connectivity index (χ3n) is 5.40.